The topological polar surface area (TPSA) is 41.1 Å². The first kappa shape index (κ1) is 23.5. The van der Waals surface area contributed by atoms with E-state index in [9.17, 15) is 4.79 Å². The number of rotatable bonds is 13. The van der Waals surface area contributed by atoms with Gasteiger partial charge in [0.15, 0.2) is 0 Å². The van der Waals surface area contributed by atoms with Crippen LogP contribution in [0.3, 0.4) is 0 Å². The highest BCUT2D eigenvalue weighted by atomic mass is 16.2. The predicted molar refractivity (Wildman–Crippen MR) is 117 cm³/mol. The lowest BCUT2D eigenvalue weighted by atomic mass is 9.93. The van der Waals surface area contributed by atoms with E-state index in [-0.39, 0.29) is 18.0 Å². The van der Waals surface area contributed by atoms with Crippen molar-refractivity contribution in [1.82, 2.24) is 10.6 Å². The summed E-state index contributed by atoms with van der Waals surface area (Å²) in [6.45, 7) is 17.4. The van der Waals surface area contributed by atoms with E-state index in [1.165, 1.54) is 5.57 Å². The lowest BCUT2D eigenvalue weighted by molar-refractivity contribution is -0.124. The van der Waals surface area contributed by atoms with Gasteiger partial charge in [0.25, 0.3) is 0 Å². The van der Waals surface area contributed by atoms with Crippen LogP contribution in [-0.4, -0.2) is 18.0 Å². The second kappa shape index (κ2) is 12.0. The van der Waals surface area contributed by atoms with E-state index in [0.717, 1.165) is 44.2 Å². The van der Waals surface area contributed by atoms with Crippen LogP contribution < -0.4 is 10.6 Å². The Kier molecular flexibility index (Phi) is 10.5. The lowest BCUT2D eigenvalue weighted by Crippen LogP contribution is -2.49. The highest BCUT2D eigenvalue weighted by molar-refractivity contribution is 5.82. The Balaban J connectivity index is 2.64. The second-order valence-electron chi connectivity index (χ2n) is 9.22. The number of hydrogen-bond donors (Lipinski definition) is 2. The quantitative estimate of drug-likeness (QED) is 0.431. The van der Waals surface area contributed by atoms with Gasteiger partial charge in [0, 0.05) is 11.7 Å². The van der Waals surface area contributed by atoms with E-state index in [1.54, 1.807) is 0 Å². The molecule has 0 aliphatic heterocycles. The smallest absolute Gasteiger partial charge is 0.242 e. The van der Waals surface area contributed by atoms with Crippen molar-refractivity contribution in [3.63, 3.8) is 0 Å². The summed E-state index contributed by atoms with van der Waals surface area (Å²) in [4.78, 5) is 13.0. The molecule has 27 heavy (non-hydrogen) atoms. The summed E-state index contributed by atoms with van der Waals surface area (Å²) in [6.07, 6.45) is 12.3. The van der Waals surface area contributed by atoms with E-state index in [1.807, 2.05) is 0 Å². The third-order valence-corrected chi connectivity index (χ3v) is 5.18. The Morgan fingerprint density at radius 3 is 2.30 bits per heavy atom. The third kappa shape index (κ3) is 9.83. The maximum absolute atomic E-state index is 13.0. The van der Waals surface area contributed by atoms with Gasteiger partial charge < -0.3 is 10.6 Å². The first-order chi connectivity index (χ1) is 12.7. The van der Waals surface area contributed by atoms with Gasteiger partial charge >= 0.3 is 0 Å². The SMILES string of the molecule is C=C(CCC1=CC=CC1)NC(CCC(C)C)C(=O)N[C@@H](CC(C)C)C(C)C. The van der Waals surface area contributed by atoms with Crippen LogP contribution >= 0.6 is 0 Å². The van der Waals surface area contributed by atoms with Crippen LogP contribution in [-0.2, 0) is 4.79 Å². The van der Waals surface area contributed by atoms with Gasteiger partial charge in [0.2, 0.25) is 5.91 Å². The summed E-state index contributed by atoms with van der Waals surface area (Å²) in [5.74, 6) is 1.72. The molecule has 0 heterocycles. The first-order valence-corrected chi connectivity index (χ1v) is 10.8. The third-order valence-electron chi connectivity index (χ3n) is 5.18. The number of nitrogens with one attached hydrogen (secondary N) is 2. The largest absolute Gasteiger partial charge is 0.378 e. The van der Waals surface area contributed by atoms with E-state index < -0.39 is 0 Å². The van der Waals surface area contributed by atoms with Crippen LogP contribution in [0, 0.1) is 17.8 Å². The molecule has 1 aliphatic rings. The zero-order valence-electron chi connectivity index (χ0n) is 18.5. The standard InChI is InChI=1S/C24H42N2O/c1-17(2)12-15-22(24(27)26-23(19(5)6)16-18(3)4)25-20(7)13-14-21-10-8-9-11-21/h8-10,17-19,22-23,25H,7,11-16H2,1-6H3,(H,26,27)/t22?,23-/m0/s1. The molecule has 3 heteroatoms. The number of hydrogen-bond acceptors (Lipinski definition) is 2. The van der Waals surface area contributed by atoms with Crippen molar-refractivity contribution >= 4 is 5.91 Å². The molecule has 0 fully saturated rings. The molecule has 1 amide bonds. The molecule has 1 rings (SSSR count). The molecule has 0 saturated heterocycles. The number of carbonyl (C=O) groups excluding carboxylic acids is 1. The Labute approximate surface area is 167 Å². The Bertz CT molecular complexity index is 528. The number of amides is 1. The maximum Gasteiger partial charge on any atom is 0.242 e. The summed E-state index contributed by atoms with van der Waals surface area (Å²) in [5, 5.41) is 6.75. The summed E-state index contributed by atoms with van der Waals surface area (Å²) in [6, 6.07) is 0.0350. The average molecular weight is 375 g/mol. The van der Waals surface area contributed by atoms with Crippen molar-refractivity contribution in [2.24, 2.45) is 17.8 Å². The van der Waals surface area contributed by atoms with E-state index in [0.29, 0.717) is 17.8 Å². The Morgan fingerprint density at radius 1 is 1.07 bits per heavy atom. The molecule has 1 unspecified atom stereocenters. The summed E-state index contributed by atoms with van der Waals surface area (Å²) >= 11 is 0. The van der Waals surface area contributed by atoms with E-state index >= 15 is 0 Å². The van der Waals surface area contributed by atoms with Crippen molar-refractivity contribution < 1.29 is 4.79 Å². The molecule has 0 aromatic heterocycles. The molecule has 2 N–H and O–H groups in total. The molecular weight excluding hydrogens is 332 g/mol. The summed E-state index contributed by atoms with van der Waals surface area (Å²) < 4.78 is 0. The van der Waals surface area contributed by atoms with Gasteiger partial charge in [0.1, 0.15) is 6.04 Å². The fourth-order valence-corrected chi connectivity index (χ4v) is 3.36. The lowest BCUT2D eigenvalue weighted by Gasteiger charge is -2.28. The van der Waals surface area contributed by atoms with Crippen LogP contribution in [0.4, 0.5) is 0 Å². The minimum Gasteiger partial charge on any atom is -0.378 e. The Hall–Kier alpha value is -1.51. The van der Waals surface area contributed by atoms with Gasteiger partial charge in [0.05, 0.1) is 0 Å². The first-order valence-electron chi connectivity index (χ1n) is 10.8. The summed E-state index contributed by atoms with van der Waals surface area (Å²) in [7, 11) is 0. The Morgan fingerprint density at radius 2 is 1.78 bits per heavy atom. The van der Waals surface area contributed by atoms with Gasteiger partial charge in [-0.25, -0.2) is 0 Å². The fraction of sp³-hybridized carbons (Fsp3) is 0.708. The molecule has 154 valence electrons. The number of carbonyl (C=O) groups is 1. The minimum absolute atomic E-state index is 0.123. The van der Waals surface area contributed by atoms with Crippen molar-refractivity contribution in [1.29, 1.82) is 0 Å². The second-order valence-corrected chi connectivity index (χ2v) is 9.22. The molecular formula is C24H42N2O. The van der Waals surface area contributed by atoms with E-state index in [2.05, 4.69) is 77.0 Å². The van der Waals surface area contributed by atoms with Crippen LogP contribution in [0.25, 0.3) is 0 Å². The van der Waals surface area contributed by atoms with Gasteiger partial charge in [-0.1, -0.05) is 71.9 Å². The molecule has 0 radical (unpaired) electrons. The van der Waals surface area contributed by atoms with Crippen LogP contribution in [0.5, 0.6) is 0 Å². The molecule has 3 nitrogen and oxygen atoms in total. The van der Waals surface area contributed by atoms with Gasteiger partial charge in [-0.15, -0.1) is 0 Å². The molecule has 0 saturated carbocycles. The van der Waals surface area contributed by atoms with Crippen LogP contribution in [0.15, 0.2) is 36.1 Å². The molecule has 0 aromatic carbocycles. The van der Waals surface area contributed by atoms with E-state index in [4.69, 9.17) is 0 Å². The zero-order chi connectivity index (χ0) is 20.4. The predicted octanol–water partition coefficient (Wildman–Crippen LogP) is 5.75. The van der Waals surface area contributed by atoms with Crippen molar-refractivity contribution in [2.45, 2.75) is 92.2 Å². The highest BCUT2D eigenvalue weighted by Crippen LogP contribution is 2.19. The average Bonchev–Trinajstić information content (AvgIpc) is 3.08. The van der Waals surface area contributed by atoms with Crippen molar-refractivity contribution in [3.8, 4) is 0 Å². The van der Waals surface area contributed by atoms with Gasteiger partial charge in [-0.05, 0) is 56.3 Å². The normalized spacial score (nSPS) is 16.0. The van der Waals surface area contributed by atoms with Crippen LogP contribution in [0.1, 0.15) is 80.1 Å². The summed E-state index contributed by atoms with van der Waals surface area (Å²) in [5.41, 5.74) is 2.41. The van der Waals surface area contributed by atoms with Crippen molar-refractivity contribution in [2.75, 3.05) is 0 Å². The molecule has 2 atom stereocenters. The van der Waals surface area contributed by atoms with Crippen molar-refractivity contribution in [3.05, 3.63) is 36.1 Å². The molecule has 1 aliphatic carbocycles. The molecule has 0 aromatic rings. The van der Waals surface area contributed by atoms with Crippen LogP contribution in [0.2, 0.25) is 0 Å². The van der Waals surface area contributed by atoms with Gasteiger partial charge in [-0.2, -0.15) is 0 Å². The monoisotopic (exact) mass is 374 g/mol. The zero-order valence-corrected chi connectivity index (χ0v) is 18.5. The highest BCUT2D eigenvalue weighted by Gasteiger charge is 2.24. The molecule has 0 bridgehead atoms. The number of allylic oxidation sites excluding steroid dienone is 5. The van der Waals surface area contributed by atoms with Gasteiger partial charge in [-0.3, -0.25) is 4.79 Å². The fourth-order valence-electron chi connectivity index (χ4n) is 3.36. The maximum atomic E-state index is 13.0. The molecule has 0 spiro atoms. The minimum atomic E-state index is -0.191.